The summed E-state index contributed by atoms with van der Waals surface area (Å²) in [5.74, 6) is 6.98. The minimum atomic E-state index is 0.340. The van der Waals surface area contributed by atoms with Crippen molar-refractivity contribution >= 4 is 15.9 Å². The van der Waals surface area contributed by atoms with Crippen LogP contribution in [0.5, 0.6) is 5.75 Å². The van der Waals surface area contributed by atoms with Crippen LogP contribution in [0, 0.1) is 11.8 Å². The van der Waals surface area contributed by atoms with E-state index in [1.807, 2.05) is 0 Å². The van der Waals surface area contributed by atoms with Gasteiger partial charge in [-0.1, -0.05) is 38.5 Å². The van der Waals surface area contributed by atoms with Crippen molar-refractivity contribution in [3.63, 3.8) is 0 Å². The van der Waals surface area contributed by atoms with E-state index in [1.54, 1.807) is 0 Å². The van der Waals surface area contributed by atoms with Gasteiger partial charge in [0, 0.05) is 23.1 Å². The van der Waals surface area contributed by atoms with E-state index < -0.39 is 0 Å². The van der Waals surface area contributed by atoms with Gasteiger partial charge in [-0.15, -0.1) is 0 Å². The van der Waals surface area contributed by atoms with Crippen LogP contribution in [-0.4, -0.2) is 5.11 Å². The second-order valence-electron chi connectivity index (χ2n) is 5.47. The Morgan fingerprint density at radius 1 is 1.14 bits per heavy atom. The van der Waals surface area contributed by atoms with Crippen LogP contribution >= 0.6 is 15.9 Å². The lowest BCUT2D eigenvalue weighted by Crippen LogP contribution is -2.00. The van der Waals surface area contributed by atoms with Gasteiger partial charge in [0.1, 0.15) is 5.75 Å². The van der Waals surface area contributed by atoms with Gasteiger partial charge in [-0.05, 0) is 40.8 Å². The van der Waals surface area contributed by atoms with Crippen LogP contribution in [0.2, 0.25) is 0 Å². The molecule has 0 aromatic heterocycles. The predicted molar refractivity (Wildman–Crippen MR) is 89.3 cm³/mol. The Bertz CT molecular complexity index is 567. The summed E-state index contributed by atoms with van der Waals surface area (Å²) in [6, 6.07) is 0. The molecule has 0 fully saturated rings. The Labute approximate surface area is 136 Å². The zero-order valence-corrected chi connectivity index (χ0v) is 14.5. The molecule has 1 aliphatic heterocycles. The molecule has 1 aromatic carbocycles. The first-order chi connectivity index (χ1) is 10.2. The van der Waals surface area contributed by atoms with E-state index in [0.29, 0.717) is 19.0 Å². The number of ether oxygens (including phenoxy) is 1. The molecule has 0 aliphatic carbocycles. The third kappa shape index (κ3) is 3.62. The average Bonchev–Trinajstić information content (AvgIpc) is 2.97. The molecule has 1 aliphatic rings. The van der Waals surface area contributed by atoms with E-state index in [2.05, 4.69) is 41.6 Å². The van der Waals surface area contributed by atoms with Crippen molar-refractivity contribution in [2.24, 2.45) is 0 Å². The standard InChI is InChI=1S/C18H23BrO2/c1-3-5-7-8-10-13-14(9-6-4-2)17(19)18(20)16-12-21-11-15(13)16/h20H,3-7,9,11-12H2,1-2H3. The number of hydrogen-bond acceptors (Lipinski definition) is 2. The number of rotatable bonds is 5. The molecule has 0 amide bonds. The van der Waals surface area contributed by atoms with E-state index in [-0.39, 0.29) is 0 Å². The monoisotopic (exact) mass is 350 g/mol. The van der Waals surface area contributed by atoms with Gasteiger partial charge in [0.15, 0.2) is 0 Å². The van der Waals surface area contributed by atoms with Gasteiger partial charge in [-0.3, -0.25) is 0 Å². The highest BCUT2D eigenvalue weighted by atomic mass is 79.9. The van der Waals surface area contributed by atoms with Crippen molar-refractivity contribution < 1.29 is 9.84 Å². The maximum absolute atomic E-state index is 10.4. The molecule has 0 bridgehead atoms. The highest BCUT2D eigenvalue weighted by Crippen LogP contribution is 2.41. The first-order valence-electron chi connectivity index (χ1n) is 7.82. The summed E-state index contributed by atoms with van der Waals surface area (Å²) < 4.78 is 6.34. The molecular weight excluding hydrogens is 328 g/mol. The molecule has 0 unspecified atom stereocenters. The zero-order chi connectivity index (χ0) is 15.2. The fourth-order valence-electron chi connectivity index (χ4n) is 2.59. The predicted octanol–water partition coefficient (Wildman–Crippen LogP) is 5.07. The summed E-state index contributed by atoms with van der Waals surface area (Å²) >= 11 is 3.56. The minimum absolute atomic E-state index is 0.340. The van der Waals surface area contributed by atoms with Crippen LogP contribution < -0.4 is 0 Å². The SMILES string of the molecule is CCCCC#Cc1c(CCCC)c(Br)c(O)c2c1COC2. The minimum Gasteiger partial charge on any atom is -0.506 e. The van der Waals surface area contributed by atoms with Crippen molar-refractivity contribution in [2.45, 2.75) is 65.6 Å². The summed E-state index contributed by atoms with van der Waals surface area (Å²) in [4.78, 5) is 0. The van der Waals surface area contributed by atoms with Gasteiger partial charge in [-0.25, -0.2) is 0 Å². The summed E-state index contributed by atoms with van der Waals surface area (Å²) in [5, 5.41) is 10.4. The van der Waals surface area contributed by atoms with E-state index in [4.69, 9.17) is 4.74 Å². The van der Waals surface area contributed by atoms with Crippen molar-refractivity contribution in [1.29, 1.82) is 0 Å². The first kappa shape index (κ1) is 16.4. The van der Waals surface area contributed by atoms with Crippen LogP contribution in [0.25, 0.3) is 0 Å². The second kappa shape index (κ2) is 7.87. The van der Waals surface area contributed by atoms with Gasteiger partial charge in [-0.2, -0.15) is 0 Å². The Hall–Kier alpha value is -0.980. The Morgan fingerprint density at radius 2 is 1.86 bits per heavy atom. The third-order valence-electron chi connectivity index (χ3n) is 3.87. The third-order valence-corrected chi connectivity index (χ3v) is 4.72. The molecule has 21 heavy (non-hydrogen) atoms. The highest BCUT2D eigenvalue weighted by molar-refractivity contribution is 9.10. The quantitative estimate of drug-likeness (QED) is 0.593. The summed E-state index contributed by atoms with van der Waals surface area (Å²) in [7, 11) is 0. The lowest BCUT2D eigenvalue weighted by molar-refractivity contribution is 0.133. The highest BCUT2D eigenvalue weighted by Gasteiger charge is 2.25. The van der Waals surface area contributed by atoms with Gasteiger partial charge in [0.25, 0.3) is 0 Å². The fraction of sp³-hybridized carbons (Fsp3) is 0.556. The summed E-state index contributed by atoms with van der Waals surface area (Å²) in [6.07, 6.45) is 6.39. The molecule has 1 heterocycles. The maximum Gasteiger partial charge on any atom is 0.136 e. The van der Waals surface area contributed by atoms with E-state index in [1.165, 1.54) is 0 Å². The van der Waals surface area contributed by atoms with E-state index >= 15 is 0 Å². The maximum atomic E-state index is 10.4. The molecule has 114 valence electrons. The van der Waals surface area contributed by atoms with Crippen molar-refractivity contribution in [1.82, 2.24) is 0 Å². The number of benzene rings is 1. The van der Waals surface area contributed by atoms with Crippen LogP contribution in [-0.2, 0) is 24.4 Å². The average molecular weight is 351 g/mol. The Kier molecular flexibility index (Phi) is 6.14. The lowest BCUT2D eigenvalue weighted by atomic mass is 9.93. The summed E-state index contributed by atoms with van der Waals surface area (Å²) in [5.41, 5.74) is 4.21. The molecule has 0 radical (unpaired) electrons. The van der Waals surface area contributed by atoms with Crippen molar-refractivity contribution in [2.75, 3.05) is 0 Å². The molecular formula is C18H23BrO2. The Morgan fingerprint density at radius 3 is 2.57 bits per heavy atom. The number of phenols is 1. The van der Waals surface area contributed by atoms with E-state index in [9.17, 15) is 5.11 Å². The number of halogens is 1. The molecule has 0 saturated carbocycles. The fourth-order valence-corrected chi connectivity index (χ4v) is 3.22. The smallest absolute Gasteiger partial charge is 0.136 e. The number of hydrogen-bond donors (Lipinski definition) is 1. The Balaban J connectivity index is 2.45. The molecule has 3 heteroatoms. The number of phenolic OH excluding ortho intramolecular Hbond substituents is 1. The van der Waals surface area contributed by atoms with Crippen molar-refractivity contribution in [3.8, 4) is 17.6 Å². The van der Waals surface area contributed by atoms with E-state index in [0.717, 1.165) is 65.3 Å². The van der Waals surface area contributed by atoms with Gasteiger partial charge in [0.05, 0.1) is 17.7 Å². The molecule has 0 spiro atoms. The molecule has 1 N–H and O–H groups in total. The molecule has 1 aromatic rings. The van der Waals surface area contributed by atoms with Crippen LogP contribution in [0.1, 0.15) is 68.2 Å². The number of fused-ring (bicyclic) bond motifs is 1. The second-order valence-corrected chi connectivity index (χ2v) is 6.27. The number of aromatic hydroxyl groups is 1. The number of unbranched alkanes of at least 4 members (excludes halogenated alkanes) is 3. The van der Waals surface area contributed by atoms with Gasteiger partial charge >= 0.3 is 0 Å². The lowest BCUT2D eigenvalue weighted by Gasteiger charge is -2.14. The van der Waals surface area contributed by atoms with Crippen molar-refractivity contribution in [3.05, 3.63) is 26.7 Å². The molecule has 0 atom stereocenters. The summed E-state index contributed by atoms with van der Waals surface area (Å²) in [6.45, 7) is 5.40. The zero-order valence-electron chi connectivity index (χ0n) is 12.9. The normalized spacial score (nSPS) is 12.9. The van der Waals surface area contributed by atoms with Crippen LogP contribution in [0.15, 0.2) is 4.47 Å². The van der Waals surface area contributed by atoms with Crippen LogP contribution in [0.3, 0.4) is 0 Å². The molecule has 2 rings (SSSR count). The van der Waals surface area contributed by atoms with Gasteiger partial charge in [0.2, 0.25) is 0 Å². The van der Waals surface area contributed by atoms with Gasteiger partial charge < -0.3 is 9.84 Å². The van der Waals surface area contributed by atoms with Crippen LogP contribution in [0.4, 0.5) is 0 Å². The largest absolute Gasteiger partial charge is 0.506 e. The molecule has 2 nitrogen and oxygen atoms in total. The molecule has 0 saturated heterocycles. The topological polar surface area (TPSA) is 29.5 Å². The first-order valence-corrected chi connectivity index (χ1v) is 8.61.